The molecule has 4 heterocycles. The number of fused-ring (bicyclic) bond motifs is 4. The van der Waals surface area contributed by atoms with Crippen molar-refractivity contribution in [2.45, 2.75) is 31.5 Å². The first kappa shape index (κ1) is 27.9. The molecule has 3 aromatic rings. The number of piperidine rings is 3. The maximum absolute atomic E-state index is 13.6. The van der Waals surface area contributed by atoms with Gasteiger partial charge < -0.3 is 24.8 Å². The van der Waals surface area contributed by atoms with Gasteiger partial charge in [-0.3, -0.25) is 0 Å². The van der Waals surface area contributed by atoms with Crippen LogP contribution in [0, 0.1) is 17.8 Å². The zero-order valence-corrected chi connectivity index (χ0v) is 24.0. The molecule has 208 valence electrons. The predicted molar refractivity (Wildman–Crippen MR) is 156 cm³/mol. The molecule has 0 radical (unpaired) electrons. The molecule has 0 saturated carbocycles. The minimum atomic E-state index is -4.34. The summed E-state index contributed by atoms with van der Waals surface area (Å²) < 4.78 is 59.5. The number of ether oxygens (including phenoxy) is 1. The Balaban J connectivity index is 1.40. The summed E-state index contributed by atoms with van der Waals surface area (Å²) >= 11 is 1.33. The van der Waals surface area contributed by atoms with E-state index in [1.54, 1.807) is 37.6 Å². The summed E-state index contributed by atoms with van der Waals surface area (Å²) in [5.41, 5.74) is 1.80. The Morgan fingerprint density at radius 2 is 1.92 bits per heavy atom. The lowest BCUT2D eigenvalue weighted by molar-refractivity contribution is -0.126. The van der Waals surface area contributed by atoms with Crippen molar-refractivity contribution in [3.05, 3.63) is 46.8 Å². The quantitative estimate of drug-likeness (QED) is 0.258. The number of benzene rings is 2. The average Bonchev–Trinajstić information content (AvgIpc) is 3.23. The van der Waals surface area contributed by atoms with Crippen LogP contribution in [0.4, 0.5) is 24.5 Å². The number of thiophene rings is 1. The third-order valence-corrected chi connectivity index (χ3v) is 10.3. The Hall–Kier alpha value is -2.66. The van der Waals surface area contributed by atoms with Crippen molar-refractivity contribution in [3.8, 4) is 17.6 Å². The SMILES string of the molecule is COc1cc(P(C)(C)=O)ccc1NCC#Cc1sc2c(N[C@@H]3CN4CCC3CC4)cccc2c1CC(F)(F)F. The van der Waals surface area contributed by atoms with E-state index in [0.29, 0.717) is 39.0 Å². The van der Waals surface area contributed by atoms with Gasteiger partial charge in [0.05, 0.1) is 41.0 Å². The smallest absolute Gasteiger partial charge is 0.393 e. The van der Waals surface area contributed by atoms with Gasteiger partial charge in [0, 0.05) is 17.9 Å². The van der Waals surface area contributed by atoms with E-state index < -0.39 is 19.7 Å². The molecule has 6 rings (SSSR count). The molecule has 2 N–H and O–H groups in total. The first-order chi connectivity index (χ1) is 18.5. The molecule has 2 bridgehead atoms. The second-order valence-corrected chi connectivity index (χ2v) is 14.9. The lowest BCUT2D eigenvalue weighted by Crippen LogP contribution is -2.53. The number of nitrogens with one attached hydrogen (secondary N) is 2. The number of anilines is 2. The summed E-state index contributed by atoms with van der Waals surface area (Å²) in [6.07, 6.45) is -3.04. The van der Waals surface area contributed by atoms with Crippen LogP contribution in [0.5, 0.6) is 5.75 Å². The standard InChI is InChI=1S/C29H33F3N3O2PS/c1-37-26-16-20(38(2,3)36)9-10-23(26)33-13-5-8-27-22(17-29(30,31)32)21-6-4-7-24(28(21)39-27)34-25-18-35-14-11-19(25)12-15-35/h4,6-7,9-10,16,19,25,33-34H,11-15,17-18H2,1-3H3/t25-/m1/s1. The van der Waals surface area contributed by atoms with E-state index in [2.05, 4.69) is 27.4 Å². The van der Waals surface area contributed by atoms with E-state index in [4.69, 9.17) is 4.74 Å². The lowest BCUT2D eigenvalue weighted by Gasteiger charge is -2.45. The van der Waals surface area contributed by atoms with Crippen molar-refractivity contribution in [2.24, 2.45) is 5.92 Å². The Labute approximate surface area is 231 Å². The van der Waals surface area contributed by atoms with Crippen molar-refractivity contribution in [1.29, 1.82) is 0 Å². The highest BCUT2D eigenvalue weighted by Crippen LogP contribution is 2.41. The average molecular weight is 576 g/mol. The van der Waals surface area contributed by atoms with Gasteiger partial charge in [-0.2, -0.15) is 13.2 Å². The third kappa shape index (κ3) is 6.40. The van der Waals surface area contributed by atoms with E-state index in [0.717, 1.165) is 42.9 Å². The van der Waals surface area contributed by atoms with Gasteiger partial charge in [0.2, 0.25) is 0 Å². The highest BCUT2D eigenvalue weighted by atomic mass is 32.1. The van der Waals surface area contributed by atoms with E-state index in [1.807, 2.05) is 12.1 Å². The molecule has 1 atom stereocenters. The van der Waals surface area contributed by atoms with Crippen LogP contribution >= 0.6 is 18.5 Å². The third-order valence-electron chi connectivity index (χ3n) is 7.57. The fourth-order valence-corrected chi connectivity index (χ4v) is 7.55. The van der Waals surface area contributed by atoms with Crippen LogP contribution in [-0.4, -0.2) is 63.7 Å². The fourth-order valence-electron chi connectivity index (χ4n) is 5.51. The molecule has 0 aliphatic carbocycles. The van der Waals surface area contributed by atoms with Crippen LogP contribution in [0.2, 0.25) is 0 Å². The predicted octanol–water partition coefficient (Wildman–Crippen LogP) is 6.23. The van der Waals surface area contributed by atoms with Gasteiger partial charge in [0.15, 0.2) is 0 Å². The van der Waals surface area contributed by atoms with Gasteiger partial charge in [0.25, 0.3) is 0 Å². The maximum Gasteiger partial charge on any atom is 0.393 e. The topological polar surface area (TPSA) is 53.6 Å². The number of methoxy groups -OCH3 is 1. The Morgan fingerprint density at radius 1 is 1.15 bits per heavy atom. The molecule has 5 nitrogen and oxygen atoms in total. The number of halogens is 3. The second-order valence-electron chi connectivity index (χ2n) is 10.7. The van der Waals surface area contributed by atoms with Crippen molar-refractivity contribution in [3.63, 3.8) is 0 Å². The summed E-state index contributed by atoms with van der Waals surface area (Å²) in [7, 11) is -0.905. The first-order valence-electron chi connectivity index (χ1n) is 13.1. The van der Waals surface area contributed by atoms with Crippen LogP contribution in [0.3, 0.4) is 0 Å². The number of alkyl halides is 3. The Morgan fingerprint density at radius 3 is 2.56 bits per heavy atom. The molecule has 3 aliphatic heterocycles. The lowest BCUT2D eigenvalue weighted by atomic mass is 9.84. The maximum atomic E-state index is 13.6. The summed E-state index contributed by atoms with van der Waals surface area (Å²) in [5, 5.41) is 8.16. The van der Waals surface area contributed by atoms with Crippen molar-refractivity contribution < 1.29 is 22.5 Å². The van der Waals surface area contributed by atoms with Crippen LogP contribution in [-0.2, 0) is 11.0 Å². The van der Waals surface area contributed by atoms with Gasteiger partial charge in [-0.15, -0.1) is 11.3 Å². The molecule has 0 amide bonds. The number of rotatable bonds is 7. The summed E-state index contributed by atoms with van der Waals surface area (Å²) in [5.74, 6) is 7.15. The van der Waals surface area contributed by atoms with E-state index in [-0.39, 0.29) is 12.1 Å². The highest BCUT2D eigenvalue weighted by molar-refractivity contribution is 7.70. The molecule has 1 aromatic heterocycles. The normalized spacial score (nSPS) is 20.9. The van der Waals surface area contributed by atoms with Gasteiger partial charge in [-0.25, -0.2) is 0 Å². The minimum absolute atomic E-state index is 0.218. The largest absolute Gasteiger partial charge is 0.495 e. The fraction of sp³-hybridized carbons (Fsp3) is 0.448. The zero-order valence-electron chi connectivity index (χ0n) is 22.3. The zero-order chi connectivity index (χ0) is 27.8. The van der Waals surface area contributed by atoms with E-state index in [9.17, 15) is 17.7 Å². The van der Waals surface area contributed by atoms with Gasteiger partial charge in [-0.1, -0.05) is 24.0 Å². The molecule has 0 unspecified atom stereocenters. The Bertz CT molecular complexity index is 1460. The van der Waals surface area contributed by atoms with Crippen LogP contribution < -0.4 is 20.7 Å². The molecule has 39 heavy (non-hydrogen) atoms. The van der Waals surface area contributed by atoms with E-state index >= 15 is 0 Å². The summed E-state index contributed by atoms with van der Waals surface area (Å²) in [6.45, 7) is 6.84. The molecule has 2 aromatic carbocycles. The monoisotopic (exact) mass is 575 g/mol. The van der Waals surface area contributed by atoms with Crippen molar-refractivity contribution in [2.75, 3.05) is 57.3 Å². The molecule has 0 spiro atoms. The number of hydrogen-bond acceptors (Lipinski definition) is 6. The first-order valence-corrected chi connectivity index (χ1v) is 16.5. The number of hydrogen-bond donors (Lipinski definition) is 2. The van der Waals surface area contributed by atoms with Crippen LogP contribution in [0.25, 0.3) is 10.1 Å². The van der Waals surface area contributed by atoms with E-state index in [1.165, 1.54) is 18.4 Å². The summed E-state index contributed by atoms with van der Waals surface area (Å²) in [6, 6.07) is 11.2. The highest BCUT2D eigenvalue weighted by Gasteiger charge is 2.35. The van der Waals surface area contributed by atoms with Crippen LogP contribution in [0.1, 0.15) is 23.3 Å². The molecular formula is C29H33F3N3O2PS. The van der Waals surface area contributed by atoms with Crippen LogP contribution in [0.15, 0.2) is 36.4 Å². The number of nitrogens with zero attached hydrogens (tertiary/aromatic N) is 1. The minimum Gasteiger partial charge on any atom is -0.495 e. The van der Waals surface area contributed by atoms with Crippen molar-refractivity contribution in [1.82, 2.24) is 4.90 Å². The Kier molecular flexibility index (Phi) is 7.92. The van der Waals surface area contributed by atoms with Gasteiger partial charge in [-0.05, 0) is 80.4 Å². The molecule has 3 saturated heterocycles. The summed E-state index contributed by atoms with van der Waals surface area (Å²) in [4.78, 5) is 2.89. The second kappa shape index (κ2) is 11.1. The molecule has 3 aliphatic rings. The molecule has 3 fully saturated rings. The van der Waals surface area contributed by atoms with Crippen molar-refractivity contribution >= 4 is 45.2 Å². The molecular weight excluding hydrogens is 542 g/mol. The van der Waals surface area contributed by atoms with Gasteiger partial charge in [0.1, 0.15) is 12.9 Å². The van der Waals surface area contributed by atoms with Gasteiger partial charge >= 0.3 is 6.18 Å². The molecule has 10 heteroatoms.